The van der Waals surface area contributed by atoms with Crippen LogP contribution in [0, 0.1) is 0 Å². The number of sulfone groups is 1. The molecular weight excluding hydrogens is 572 g/mol. The number of para-hydroxylation sites is 2. The summed E-state index contributed by atoms with van der Waals surface area (Å²) in [6, 6.07) is 17.7. The summed E-state index contributed by atoms with van der Waals surface area (Å²) >= 11 is 3.29. The second-order valence-electron chi connectivity index (χ2n) is 8.92. The number of carbonyl (C=O) groups is 3. The number of aromatic nitrogens is 2. The van der Waals surface area contributed by atoms with E-state index in [-0.39, 0.29) is 23.3 Å². The average Bonchev–Trinajstić information content (AvgIpc) is 3.12. The number of imide groups is 1. The minimum absolute atomic E-state index is 0.151. The maximum absolute atomic E-state index is 13.5. The highest BCUT2D eigenvalue weighted by Gasteiger charge is 2.43. The first-order valence-corrected chi connectivity index (χ1v) is 14.4. The van der Waals surface area contributed by atoms with Gasteiger partial charge in [0.15, 0.2) is 0 Å². The van der Waals surface area contributed by atoms with Gasteiger partial charge in [-0.15, -0.1) is 0 Å². The number of amides is 3. The third-order valence-corrected chi connectivity index (χ3v) is 7.60. The maximum Gasteiger partial charge on any atom is 0.262 e. The van der Waals surface area contributed by atoms with E-state index >= 15 is 0 Å². The molecule has 0 saturated carbocycles. The summed E-state index contributed by atoms with van der Waals surface area (Å²) in [4.78, 5) is 49.7. The van der Waals surface area contributed by atoms with Crippen molar-refractivity contribution in [2.24, 2.45) is 0 Å². The summed E-state index contributed by atoms with van der Waals surface area (Å²) in [5.41, 5.74) is 3.47. The second kappa shape index (κ2) is 10.1. The van der Waals surface area contributed by atoms with Gasteiger partial charge in [-0.25, -0.2) is 13.4 Å². The van der Waals surface area contributed by atoms with E-state index in [0.29, 0.717) is 21.4 Å². The Morgan fingerprint density at radius 3 is 2.47 bits per heavy atom. The molecule has 5 rings (SSSR count). The van der Waals surface area contributed by atoms with Crippen LogP contribution >= 0.6 is 15.9 Å². The predicted octanol–water partition coefficient (Wildman–Crippen LogP) is 4.10. The first-order valence-electron chi connectivity index (χ1n) is 11.6. The Balaban J connectivity index is 1.44. The molecule has 0 radical (unpaired) electrons. The van der Waals surface area contributed by atoms with Crippen molar-refractivity contribution in [3.63, 3.8) is 0 Å². The van der Waals surface area contributed by atoms with Crippen molar-refractivity contribution in [2.75, 3.05) is 17.3 Å². The van der Waals surface area contributed by atoms with E-state index in [9.17, 15) is 22.8 Å². The Morgan fingerprint density at radius 1 is 0.974 bits per heavy atom. The summed E-state index contributed by atoms with van der Waals surface area (Å²) < 4.78 is 24.4. The summed E-state index contributed by atoms with van der Waals surface area (Å²) in [5, 5.41) is 2.74. The Morgan fingerprint density at radius 2 is 1.71 bits per heavy atom. The lowest BCUT2D eigenvalue weighted by Gasteiger charge is -2.25. The highest BCUT2D eigenvalue weighted by Crippen LogP contribution is 2.29. The Hall–Kier alpha value is -3.96. The van der Waals surface area contributed by atoms with Gasteiger partial charge in [0.05, 0.1) is 39.8 Å². The summed E-state index contributed by atoms with van der Waals surface area (Å²) in [6.45, 7) is 0. The van der Waals surface area contributed by atoms with E-state index in [4.69, 9.17) is 0 Å². The first-order chi connectivity index (χ1) is 18.1. The standard InChI is InChI=1S/C27H21BrN4O5S/c1-38(36,37)12-11-24(32-26(34)19-10-9-17(28)14-20(19)27(32)35)25(33)30-18-6-4-5-16(13-18)23-15-29-21-7-2-3-8-22(21)31-23/h2-10,13-15,24H,11-12H2,1H3,(H,30,33). The number of benzene rings is 3. The highest BCUT2D eigenvalue weighted by atomic mass is 79.9. The van der Waals surface area contributed by atoms with Gasteiger partial charge >= 0.3 is 0 Å². The van der Waals surface area contributed by atoms with Crippen LogP contribution in [0.2, 0.25) is 0 Å². The topological polar surface area (TPSA) is 126 Å². The Labute approximate surface area is 227 Å². The number of rotatable bonds is 7. The molecule has 0 saturated heterocycles. The lowest BCUT2D eigenvalue weighted by Crippen LogP contribution is -2.48. The monoisotopic (exact) mass is 592 g/mol. The van der Waals surface area contributed by atoms with Crippen LogP contribution in [-0.4, -0.2) is 59.1 Å². The van der Waals surface area contributed by atoms with Crippen LogP contribution in [0.4, 0.5) is 5.69 Å². The fourth-order valence-corrected chi connectivity index (χ4v) is 5.31. The molecule has 0 bridgehead atoms. The molecule has 9 nitrogen and oxygen atoms in total. The molecule has 0 aliphatic carbocycles. The van der Waals surface area contributed by atoms with Crippen LogP contribution in [0.5, 0.6) is 0 Å². The zero-order valence-corrected chi connectivity index (χ0v) is 22.5. The van der Waals surface area contributed by atoms with Crippen LogP contribution < -0.4 is 5.32 Å². The van der Waals surface area contributed by atoms with Gasteiger partial charge in [-0.05, 0) is 48.9 Å². The molecule has 4 aromatic rings. The zero-order chi connectivity index (χ0) is 27.0. The minimum Gasteiger partial charge on any atom is -0.324 e. The van der Waals surface area contributed by atoms with E-state index in [2.05, 4.69) is 31.2 Å². The molecule has 3 aromatic carbocycles. The van der Waals surface area contributed by atoms with Crippen molar-refractivity contribution in [3.8, 4) is 11.3 Å². The molecular formula is C27H21BrN4O5S. The summed E-state index contributed by atoms with van der Waals surface area (Å²) in [5.74, 6) is -2.36. The number of fused-ring (bicyclic) bond motifs is 2. The van der Waals surface area contributed by atoms with Crippen LogP contribution in [0.1, 0.15) is 27.1 Å². The number of nitrogens with one attached hydrogen (secondary N) is 1. The zero-order valence-electron chi connectivity index (χ0n) is 20.1. The maximum atomic E-state index is 13.5. The van der Waals surface area contributed by atoms with Crippen LogP contribution in [0.15, 0.2) is 77.4 Å². The number of halogens is 1. The van der Waals surface area contributed by atoms with E-state index in [1.165, 1.54) is 12.1 Å². The fourth-order valence-electron chi connectivity index (χ4n) is 4.30. The first kappa shape index (κ1) is 25.7. The lowest BCUT2D eigenvalue weighted by atomic mass is 10.1. The van der Waals surface area contributed by atoms with Crippen LogP contribution in [0.3, 0.4) is 0 Å². The van der Waals surface area contributed by atoms with Gasteiger partial charge in [-0.2, -0.15) is 0 Å². The van der Waals surface area contributed by atoms with Crippen LogP contribution in [-0.2, 0) is 14.6 Å². The molecule has 2 heterocycles. The van der Waals surface area contributed by atoms with Crippen molar-refractivity contribution in [1.82, 2.24) is 14.9 Å². The number of carbonyl (C=O) groups excluding carboxylic acids is 3. The van der Waals surface area contributed by atoms with E-state index in [1.807, 2.05) is 30.3 Å². The van der Waals surface area contributed by atoms with Gasteiger partial charge in [0.25, 0.3) is 11.8 Å². The molecule has 1 aromatic heterocycles. The Bertz CT molecular complexity index is 1720. The third-order valence-electron chi connectivity index (χ3n) is 6.13. The van der Waals surface area contributed by atoms with Gasteiger partial charge < -0.3 is 5.32 Å². The number of hydrogen-bond donors (Lipinski definition) is 1. The Kier molecular flexibility index (Phi) is 6.80. The molecule has 38 heavy (non-hydrogen) atoms. The van der Waals surface area contributed by atoms with Crippen molar-refractivity contribution >= 4 is 60.2 Å². The molecule has 1 unspecified atom stereocenters. The van der Waals surface area contributed by atoms with Gasteiger partial charge in [-0.3, -0.25) is 24.3 Å². The predicted molar refractivity (Wildman–Crippen MR) is 146 cm³/mol. The van der Waals surface area contributed by atoms with Crippen molar-refractivity contribution in [3.05, 3.63) is 88.5 Å². The molecule has 0 fully saturated rings. The quantitative estimate of drug-likeness (QED) is 0.320. The van der Waals surface area contributed by atoms with E-state index < -0.39 is 33.6 Å². The van der Waals surface area contributed by atoms with Crippen molar-refractivity contribution in [2.45, 2.75) is 12.5 Å². The number of anilines is 1. The lowest BCUT2D eigenvalue weighted by molar-refractivity contribution is -0.120. The van der Waals surface area contributed by atoms with Crippen molar-refractivity contribution in [1.29, 1.82) is 0 Å². The van der Waals surface area contributed by atoms with Crippen molar-refractivity contribution < 1.29 is 22.8 Å². The molecule has 1 atom stereocenters. The smallest absolute Gasteiger partial charge is 0.262 e. The molecule has 3 amide bonds. The number of hydrogen-bond acceptors (Lipinski definition) is 7. The molecule has 192 valence electrons. The van der Waals surface area contributed by atoms with Gasteiger partial charge in [0, 0.05) is 22.0 Å². The molecule has 11 heteroatoms. The average molecular weight is 593 g/mol. The highest BCUT2D eigenvalue weighted by molar-refractivity contribution is 9.10. The van der Waals surface area contributed by atoms with Gasteiger partial charge in [-0.1, -0.05) is 40.2 Å². The number of nitrogens with zero attached hydrogens (tertiary/aromatic N) is 3. The van der Waals surface area contributed by atoms with Gasteiger partial charge in [0.2, 0.25) is 5.91 Å². The van der Waals surface area contributed by atoms with E-state index in [0.717, 1.165) is 22.2 Å². The molecule has 1 aliphatic rings. The van der Waals surface area contributed by atoms with Crippen LogP contribution in [0.25, 0.3) is 22.3 Å². The normalized spacial score (nSPS) is 14.0. The molecule has 1 N–H and O–H groups in total. The van der Waals surface area contributed by atoms with E-state index in [1.54, 1.807) is 30.5 Å². The van der Waals surface area contributed by atoms with Gasteiger partial charge in [0.1, 0.15) is 15.9 Å². The minimum atomic E-state index is -3.48. The fraction of sp³-hybridized carbons (Fsp3) is 0.148. The second-order valence-corrected chi connectivity index (χ2v) is 12.1. The SMILES string of the molecule is CS(=O)(=O)CCC(C(=O)Nc1cccc(-c2cnc3ccccc3n2)c1)N1C(=O)c2ccc(Br)cc2C1=O. The summed E-state index contributed by atoms with van der Waals surface area (Å²) in [6.07, 6.45) is 2.43. The summed E-state index contributed by atoms with van der Waals surface area (Å²) in [7, 11) is -3.48. The molecule has 0 spiro atoms. The third kappa shape index (κ3) is 5.20. The largest absolute Gasteiger partial charge is 0.324 e. The molecule has 1 aliphatic heterocycles.